The molecule has 1 rings (SSSR count). The number of rotatable bonds is 0. The summed E-state index contributed by atoms with van der Waals surface area (Å²) in [5.74, 6) is 0. The Kier molecular flexibility index (Phi) is 1.77. The summed E-state index contributed by atoms with van der Waals surface area (Å²) in [7, 11) is 0. The van der Waals surface area contributed by atoms with E-state index in [-0.39, 0.29) is 0 Å². The molecule has 0 aliphatic carbocycles. The van der Waals surface area contributed by atoms with Crippen LogP contribution in [-0.2, 0) is 4.74 Å². The highest BCUT2D eigenvalue weighted by Gasteiger charge is 1.99. The summed E-state index contributed by atoms with van der Waals surface area (Å²) in [4.78, 5) is 0. The van der Waals surface area contributed by atoms with Crippen LogP contribution in [-0.4, -0.2) is 18.5 Å². The van der Waals surface area contributed by atoms with E-state index in [1.807, 2.05) is 12.2 Å². The van der Waals surface area contributed by atoms with Crippen molar-refractivity contribution in [3.8, 4) is 0 Å². The van der Waals surface area contributed by atoms with Gasteiger partial charge in [-0.15, -0.1) is 0 Å². The van der Waals surface area contributed by atoms with E-state index in [0.29, 0.717) is 5.25 Å². The normalized spacial score (nSPS) is 30.7. The Morgan fingerprint density at radius 3 is 2.86 bits per heavy atom. The van der Waals surface area contributed by atoms with Crippen molar-refractivity contribution in [2.75, 3.05) is 13.2 Å². The Hall–Kier alpha value is 0.0500. The van der Waals surface area contributed by atoms with Gasteiger partial charge in [0.25, 0.3) is 0 Å². The maximum atomic E-state index is 5.02. The lowest BCUT2D eigenvalue weighted by Gasteiger charge is -2.09. The molecule has 0 radical (unpaired) electrons. The van der Waals surface area contributed by atoms with Crippen molar-refractivity contribution in [2.24, 2.45) is 0 Å². The van der Waals surface area contributed by atoms with Gasteiger partial charge < -0.3 is 4.74 Å². The molecule has 1 unspecified atom stereocenters. The van der Waals surface area contributed by atoms with E-state index in [0.717, 1.165) is 13.2 Å². The van der Waals surface area contributed by atoms with Gasteiger partial charge in [-0.05, 0) is 0 Å². The second-order valence-electron chi connectivity index (χ2n) is 1.53. The van der Waals surface area contributed by atoms with Gasteiger partial charge in [-0.1, -0.05) is 12.2 Å². The zero-order chi connectivity index (χ0) is 5.11. The molecule has 0 bridgehead atoms. The number of hydrogen-bond donors (Lipinski definition) is 1. The highest BCUT2D eigenvalue weighted by atomic mass is 32.1. The minimum atomic E-state index is 0.328. The van der Waals surface area contributed by atoms with Crippen molar-refractivity contribution >= 4 is 12.6 Å². The van der Waals surface area contributed by atoms with E-state index in [9.17, 15) is 0 Å². The van der Waals surface area contributed by atoms with Crippen LogP contribution < -0.4 is 0 Å². The topological polar surface area (TPSA) is 9.23 Å². The lowest BCUT2D eigenvalue weighted by molar-refractivity contribution is 0.162. The van der Waals surface area contributed by atoms with Crippen LogP contribution in [0.4, 0.5) is 0 Å². The molecule has 1 aliphatic heterocycles. The molecule has 0 aromatic heterocycles. The van der Waals surface area contributed by atoms with Crippen LogP contribution in [0.25, 0.3) is 0 Å². The smallest absolute Gasteiger partial charge is 0.0648 e. The summed E-state index contributed by atoms with van der Waals surface area (Å²) in [5, 5.41) is 0.328. The van der Waals surface area contributed by atoms with Crippen LogP contribution in [0.2, 0.25) is 0 Å². The van der Waals surface area contributed by atoms with Gasteiger partial charge in [-0.2, -0.15) is 12.6 Å². The molecule has 0 saturated heterocycles. The standard InChI is InChI=1S/C5H8OS/c7-5-2-1-3-6-4-5/h1-2,5,7H,3-4H2. The number of ether oxygens (including phenoxy) is 1. The van der Waals surface area contributed by atoms with E-state index < -0.39 is 0 Å². The first kappa shape index (κ1) is 5.19. The van der Waals surface area contributed by atoms with Crippen molar-refractivity contribution in [3.05, 3.63) is 12.2 Å². The SMILES string of the molecule is SC1C=CCOC1. The summed E-state index contributed by atoms with van der Waals surface area (Å²) < 4.78 is 5.02. The van der Waals surface area contributed by atoms with Crippen molar-refractivity contribution < 1.29 is 4.74 Å². The van der Waals surface area contributed by atoms with Crippen LogP contribution in [0.5, 0.6) is 0 Å². The zero-order valence-electron chi connectivity index (χ0n) is 4.00. The molecule has 40 valence electrons. The molecule has 0 N–H and O–H groups in total. The van der Waals surface area contributed by atoms with Crippen LogP contribution in [0.1, 0.15) is 0 Å². The predicted molar refractivity (Wildman–Crippen MR) is 32.7 cm³/mol. The molecule has 1 heterocycles. The Balaban J connectivity index is 2.36. The lowest BCUT2D eigenvalue weighted by atomic mass is 10.3. The number of hydrogen-bond acceptors (Lipinski definition) is 2. The van der Waals surface area contributed by atoms with Crippen molar-refractivity contribution in [1.29, 1.82) is 0 Å². The number of thiol groups is 1. The van der Waals surface area contributed by atoms with Gasteiger partial charge in [0.1, 0.15) is 0 Å². The zero-order valence-corrected chi connectivity index (χ0v) is 4.90. The van der Waals surface area contributed by atoms with Gasteiger partial charge in [0.2, 0.25) is 0 Å². The van der Waals surface area contributed by atoms with E-state index >= 15 is 0 Å². The third-order valence-electron chi connectivity index (χ3n) is 0.861. The summed E-state index contributed by atoms with van der Waals surface area (Å²) in [6.45, 7) is 1.52. The molecule has 1 aliphatic rings. The Bertz CT molecular complexity index is 80.1. The van der Waals surface area contributed by atoms with Crippen LogP contribution >= 0.6 is 12.6 Å². The summed E-state index contributed by atoms with van der Waals surface area (Å²) in [5.41, 5.74) is 0. The first-order chi connectivity index (χ1) is 3.39. The first-order valence-corrected chi connectivity index (χ1v) is 2.84. The fourth-order valence-electron chi connectivity index (χ4n) is 0.525. The quantitative estimate of drug-likeness (QED) is 0.365. The van der Waals surface area contributed by atoms with Gasteiger partial charge >= 0.3 is 0 Å². The molecule has 1 atom stereocenters. The Morgan fingerprint density at radius 2 is 2.57 bits per heavy atom. The monoisotopic (exact) mass is 116 g/mol. The molecular weight excluding hydrogens is 108 g/mol. The molecule has 1 nitrogen and oxygen atoms in total. The average molecular weight is 116 g/mol. The second kappa shape index (κ2) is 2.38. The van der Waals surface area contributed by atoms with Crippen molar-refractivity contribution in [2.45, 2.75) is 5.25 Å². The molecule has 0 amide bonds. The first-order valence-electron chi connectivity index (χ1n) is 2.32. The van der Waals surface area contributed by atoms with Gasteiger partial charge in [0.05, 0.1) is 13.2 Å². The maximum absolute atomic E-state index is 5.02. The summed E-state index contributed by atoms with van der Waals surface area (Å²) >= 11 is 4.15. The van der Waals surface area contributed by atoms with Crippen LogP contribution in [0.3, 0.4) is 0 Å². The largest absolute Gasteiger partial charge is 0.376 e. The molecule has 0 fully saturated rings. The van der Waals surface area contributed by atoms with Gasteiger partial charge in [-0.3, -0.25) is 0 Å². The molecule has 7 heavy (non-hydrogen) atoms. The van der Waals surface area contributed by atoms with E-state index in [1.165, 1.54) is 0 Å². The van der Waals surface area contributed by atoms with Gasteiger partial charge in [-0.25, -0.2) is 0 Å². The summed E-state index contributed by atoms with van der Waals surface area (Å²) in [6.07, 6.45) is 4.04. The highest BCUT2D eigenvalue weighted by molar-refractivity contribution is 7.81. The molecule has 0 saturated carbocycles. The molecule has 2 heteroatoms. The van der Waals surface area contributed by atoms with Crippen LogP contribution in [0.15, 0.2) is 12.2 Å². The average Bonchev–Trinajstić information content (AvgIpc) is 1.69. The van der Waals surface area contributed by atoms with Gasteiger partial charge in [0, 0.05) is 5.25 Å². The fourth-order valence-corrected chi connectivity index (χ4v) is 0.752. The third kappa shape index (κ3) is 1.53. The highest BCUT2D eigenvalue weighted by Crippen LogP contribution is 2.01. The van der Waals surface area contributed by atoms with Gasteiger partial charge in [0.15, 0.2) is 0 Å². The third-order valence-corrected chi connectivity index (χ3v) is 1.18. The minimum absolute atomic E-state index is 0.328. The molecule has 0 aromatic carbocycles. The van der Waals surface area contributed by atoms with E-state index in [4.69, 9.17) is 4.74 Å². The Labute approximate surface area is 48.8 Å². The fraction of sp³-hybridized carbons (Fsp3) is 0.600. The van der Waals surface area contributed by atoms with Crippen molar-refractivity contribution in [3.63, 3.8) is 0 Å². The van der Waals surface area contributed by atoms with Crippen LogP contribution in [0, 0.1) is 0 Å². The predicted octanol–water partition coefficient (Wildman–Crippen LogP) is 0.871. The molecule has 0 spiro atoms. The van der Waals surface area contributed by atoms with Crippen molar-refractivity contribution in [1.82, 2.24) is 0 Å². The Morgan fingerprint density at radius 1 is 1.71 bits per heavy atom. The second-order valence-corrected chi connectivity index (χ2v) is 2.20. The van der Waals surface area contributed by atoms with E-state index in [2.05, 4.69) is 12.6 Å². The lowest BCUT2D eigenvalue weighted by Crippen LogP contribution is -2.10. The maximum Gasteiger partial charge on any atom is 0.0648 e. The molecule has 0 aromatic rings. The summed E-state index contributed by atoms with van der Waals surface area (Å²) in [6, 6.07) is 0. The minimum Gasteiger partial charge on any atom is -0.376 e. The van der Waals surface area contributed by atoms with E-state index in [1.54, 1.807) is 0 Å². The molecular formula is C5H8OS.